The molecule has 7 rings (SSSR count). The minimum atomic E-state index is -0.467. The summed E-state index contributed by atoms with van der Waals surface area (Å²) in [6.45, 7) is 4.31. The third-order valence-electron chi connectivity index (χ3n) is 10.2. The average molecular weight is 639 g/mol. The third kappa shape index (κ3) is 6.67. The molecule has 10 nitrogen and oxygen atoms in total. The van der Waals surface area contributed by atoms with Crippen LogP contribution in [0, 0.1) is 0 Å². The maximum absolute atomic E-state index is 12.3. The maximum Gasteiger partial charge on any atom is 0.220 e. The second-order valence-corrected chi connectivity index (χ2v) is 13.3. The lowest BCUT2D eigenvalue weighted by molar-refractivity contribution is -0.121. The summed E-state index contributed by atoms with van der Waals surface area (Å²) in [5, 5.41) is 23.3. The molecule has 2 aromatic heterocycles. The third-order valence-corrected chi connectivity index (χ3v) is 10.2. The second-order valence-electron chi connectivity index (χ2n) is 13.3. The molecule has 3 aliphatic rings. The van der Waals surface area contributed by atoms with E-state index in [-0.39, 0.29) is 17.4 Å². The van der Waals surface area contributed by atoms with Crippen LogP contribution in [0.3, 0.4) is 0 Å². The average Bonchev–Trinajstić information content (AvgIpc) is 3.77. The van der Waals surface area contributed by atoms with Gasteiger partial charge in [0.1, 0.15) is 6.10 Å². The van der Waals surface area contributed by atoms with E-state index in [4.69, 9.17) is 9.47 Å². The number of nitrogens with one attached hydrogen (secondary N) is 2. The number of fused-ring (bicyclic) bond motifs is 1. The molecule has 0 bridgehead atoms. The summed E-state index contributed by atoms with van der Waals surface area (Å²) in [6, 6.07) is 12.5. The first-order chi connectivity index (χ1) is 23.0. The Morgan fingerprint density at radius 3 is 2.96 bits per heavy atom. The SMILES string of the molecule is COc1ccc2c3c1O[C@H]1C[C@@H](O)C=C[C@@]31CCN(CCCCc1cn(CCCCC(=O)NCCc3c[nH]c4ccccc34)nn1)C2. The predicted octanol–water partition coefficient (Wildman–Crippen LogP) is 4.85. The van der Waals surface area contributed by atoms with E-state index >= 15 is 0 Å². The van der Waals surface area contributed by atoms with Crippen molar-refractivity contribution in [2.24, 2.45) is 0 Å². The Labute approximate surface area is 276 Å². The number of methoxy groups -OCH3 is 1. The number of hydrogen-bond acceptors (Lipinski definition) is 7. The molecule has 0 radical (unpaired) electrons. The molecule has 4 aromatic rings. The minimum absolute atomic E-state index is 0.0613. The van der Waals surface area contributed by atoms with Crippen molar-refractivity contribution in [1.29, 1.82) is 0 Å². The molecule has 0 saturated carbocycles. The van der Waals surface area contributed by atoms with Crippen LogP contribution in [0.4, 0.5) is 0 Å². The summed E-state index contributed by atoms with van der Waals surface area (Å²) in [4.78, 5) is 18.2. The zero-order valence-corrected chi connectivity index (χ0v) is 27.3. The summed E-state index contributed by atoms with van der Waals surface area (Å²) in [5.41, 5.74) is 5.74. The number of nitrogens with zero attached hydrogens (tertiary/aromatic N) is 4. The second kappa shape index (κ2) is 13.9. The summed E-state index contributed by atoms with van der Waals surface area (Å²) >= 11 is 0. The number of hydrogen-bond donors (Lipinski definition) is 3. The van der Waals surface area contributed by atoms with Crippen LogP contribution in [0.15, 0.2) is 60.9 Å². The van der Waals surface area contributed by atoms with Crippen molar-refractivity contribution in [2.75, 3.05) is 26.7 Å². The van der Waals surface area contributed by atoms with Gasteiger partial charge >= 0.3 is 0 Å². The van der Waals surface area contributed by atoms with Crippen LogP contribution in [0.5, 0.6) is 11.5 Å². The molecule has 0 unspecified atom stereocenters. The highest BCUT2D eigenvalue weighted by Gasteiger charge is 2.52. The van der Waals surface area contributed by atoms with Crippen molar-refractivity contribution in [2.45, 2.75) is 88.5 Å². The Balaban J connectivity index is 0.817. The number of ether oxygens (including phenoxy) is 2. The van der Waals surface area contributed by atoms with Gasteiger partial charge < -0.3 is 24.9 Å². The van der Waals surface area contributed by atoms with Crippen molar-refractivity contribution < 1.29 is 19.4 Å². The number of aromatic amines is 1. The zero-order chi connectivity index (χ0) is 32.2. The first kappa shape index (κ1) is 31.4. The van der Waals surface area contributed by atoms with E-state index in [1.165, 1.54) is 22.1 Å². The Hall–Kier alpha value is -4.15. The number of aliphatic hydroxyl groups excluding tert-OH is 1. The fourth-order valence-electron chi connectivity index (χ4n) is 7.71. The highest BCUT2D eigenvalue weighted by atomic mass is 16.5. The maximum atomic E-state index is 12.3. The van der Waals surface area contributed by atoms with Gasteiger partial charge in [-0.2, -0.15) is 0 Å². The highest BCUT2D eigenvalue weighted by molar-refractivity contribution is 5.83. The van der Waals surface area contributed by atoms with Gasteiger partial charge in [-0.15, -0.1) is 5.10 Å². The molecule has 0 saturated heterocycles. The minimum Gasteiger partial charge on any atom is -0.493 e. The van der Waals surface area contributed by atoms with Crippen LogP contribution in [0.25, 0.3) is 10.9 Å². The van der Waals surface area contributed by atoms with Gasteiger partial charge in [-0.25, -0.2) is 0 Å². The summed E-state index contributed by atoms with van der Waals surface area (Å²) in [6.07, 6.45) is 15.4. The number of carbonyl (C=O) groups excluding carboxylic acids is 1. The van der Waals surface area contributed by atoms with Crippen molar-refractivity contribution in [1.82, 2.24) is 30.2 Å². The van der Waals surface area contributed by atoms with Gasteiger partial charge in [0, 0.05) is 61.3 Å². The van der Waals surface area contributed by atoms with Crippen molar-refractivity contribution in [3.63, 3.8) is 0 Å². The topological polar surface area (TPSA) is 118 Å². The number of aliphatic hydroxyl groups is 1. The molecule has 10 heteroatoms. The van der Waals surface area contributed by atoms with Crippen molar-refractivity contribution in [3.8, 4) is 11.5 Å². The standard InChI is InChI=1S/C37H46N6O4/c1-46-32-13-12-27-24-42(21-17-37-16-14-29(44)22-33(37)47-36(32)35(27)37)19-6-4-8-28-25-43(41-40-28)20-7-5-11-34(45)38-18-15-26-23-39-31-10-3-2-9-30(26)31/h2-3,9-10,12-14,16,23,25,29,33,39,44H,4-8,11,15,17-22,24H2,1H3,(H,38,45)/t29-,33-,37-/m0/s1. The first-order valence-corrected chi connectivity index (χ1v) is 17.2. The van der Waals surface area contributed by atoms with Crippen LogP contribution < -0.4 is 14.8 Å². The number of unbranched alkanes of at least 4 members (excludes halogenated alkanes) is 2. The smallest absolute Gasteiger partial charge is 0.220 e. The molecule has 248 valence electrons. The summed E-state index contributed by atoms with van der Waals surface area (Å²) in [7, 11) is 1.69. The van der Waals surface area contributed by atoms with E-state index in [9.17, 15) is 9.90 Å². The van der Waals surface area contributed by atoms with Gasteiger partial charge in [0.25, 0.3) is 0 Å². The normalized spacial score (nSPS) is 21.7. The lowest BCUT2D eigenvalue weighted by Gasteiger charge is -2.35. The molecule has 3 atom stereocenters. The molecule has 1 amide bonds. The molecule has 4 heterocycles. The van der Waals surface area contributed by atoms with E-state index < -0.39 is 6.10 Å². The van der Waals surface area contributed by atoms with E-state index in [0.29, 0.717) is 19.4 Å². The number of para-hydroxylation sites is 1. The van der Waals surface area contributed by atoms with Crippen LogP contribution in [0.1, 0.15) is 67.3 Å². The fourth-order valence-corrected chi connectivity index (χ4v) is 7.71. The Bertz CT molecular complexity index is 1730. The largest absolute Gasteiger partial charge is 0.493 e. The summed E-state index contributed by atoms with van der Waals surface area (Å²) in [5.74, 6) is 1.74. The quantitative estimate of drug-likeness (QED) is 0.134. The predicted molar refractivity (Wildman–Crippen MR) is 181 cm³/mol. The Morgan fingerprint density at radius 2 is 2.04 bits per heavy atom. The van der Waals surface area contributed by atoms with Crippen LogP contribution in [0.2, 0.25) is 0 Å². The van der Waals surface area contributed by atoms with Gasteiger partial charge in [0.15, 0.2) is 11.5 Å². The van der Waals surface area contributed by atoms with Crippen molar-refractivity contribution >= 4 is 16.8 Å². The number of benzene rings is 2. The van der Waals surface area contributed by atoms with E-state index in [2.05, 4.69) is 56.0 Å². The lowest BCUT2D eigenvalue weighted by Crippen LogP contribution is -2.43. The molecule has 2 aliphatic heterocycles. The van der Waals surface area contributed by atoms with Gasteiger partial charge in [-0.1, -0.05) is 41.6 Å². The lowest BCUT2D eigenvalue weighted by atomic mass is 9.69. The monoisotopic (exact) mass is 638 g/mol. The van der Waals surface area contributed by atoms with Gasteiger partial charge in [0.2, 0.25) is 5.91 Å². The molecule has 47 heavy (non-hydrogen) atoms. The van der Waals surface area contributed by atoms with E-state index in [0.717, 1.165) is 93.8 Å². The number of aryl methyl sites for hydroxylation is 2. The van der Waals surface area contributed by atoms with E-state index in [1.807, 2.05) is 35.2 Å². The Kier molecular flexibility index (Phi) is 9.31. The zero-order valence-electron chi connectivity index (χ0n) is 27.3. The number of amides is 1. The fraction of sp³-hybridized carbons (Fsp3) is 0.486. The van der Waals surface area contributed by atoms with Gasteiger partial charge in [-0.3, -0.25) is 14.4 Å². The van der Waals surface area contributed by atoms with E-state index in [1.54, 1.807) is 7.11 Å². The van der Waals surface area contributed by atoms with Crippen LogP contribution >= 0.6 is 0 Å². The van der Waals surface area contributed by atoms with Gasteiger partial charge in [-0.05, 0) is 81.3 Å². The molecule has 3 N–H and O–H groups in total. The van der Waals surface area contributed by atoms with Gasteiger partial charge in [0.05, 0.1) is 24.3 Å². The summed E-state index contributed by atoms with van der Waals surface area (Å²) < 4.78 is 14.0. The molecule has 0 fully saturated rings. The van der Waals surface area contributed by atoms with Crippen LogP contribution in [-0.4, -0.2) is 74.8 Å². The molecular formula is C37H46N6O4. The van der Waals surface area contributed by atoms with Crippen molar-refractivity contribution in [3.05, 3.63) is 83.3 Å². The molecule has 1 aliphatic carbocycles. The number of carbonyl (C=O) groups is 1. The number of H-pyrrole nitrogens is 1. The molecular weight excluding hydrogens is 592 g/mol. The number of aromatic nitrogens is 4. The first-order valence-electron chi connectivity index (χ1n) is 17.2. The molecule has 1 spiro atoms. The highest BCUT2D eigenvalue weighted by Crippen LogP contribution is 2.55. The molecule has 2 aromatic carbocycles. The number of rotatable bonds is 14. The Morgan fingerprint density at radius 1 is 1.15 bits per heavy atom. The van der Waals surface area contributed by atoms with Crippen LogP contribution in [-0.2, 0) is 36.1 Å².